The fourth-order valence-corrected chi connectivity index (χ4v) is 5.60. The van der Waals surface area contributed by atoms with Crippen molar-refractivity contribution in [2.75, 3.05) is 43.9 Å². The van der Waals surface area contributed by atoms with Crippen LogP contribution in [0.15, 0.2) is 17.0 Å². The molecular formula is C20H28ClN3O5S. The highest BCUT2D eigenvalue weighted by molar-refractivity contribution is 7.91. The highest BCUT2D eigenvalue weighted by Crippen LogP contribution is 2.36. The summed E-state index contributed by atoms with van der Waals surface area (Å²) in [4.78, 5) is 25.8. The quantitative estimate of drug-likeness (QED) is 0.579. The Balaban J connectivity index is 1.46. The monoisotopic (exact) mass is 457 g/mol. The molecule has 1 aromatic rings. The molecule has 0 aromatic heterocycles. The zero-order valence-corrected chi connectivity index (χ0v) is 18.7. The van der Waals surface area contributed by atoms with Crippen molar-refractivity contribution in [3.63, 3.8) is 0 Å². The number of hydrogen-bond donors (Lipinski definition) is 2. The molecule has 2 N–H and O–H groups in total. The maximum absolute atomic E-state index is 12.7. The van der Waals surface area contributed by atoms with E-state index in [9.17, 15) is 18.0 Å². The fourth-order valence-electron chi connectivity index (χ4n) is 3.77. The van der Waals surface area contributed by atoms with Crippen molar-refractivity contribution >= 4 is 38.9 Å². The van der Waals surface area contributed by atoms with E-state index in [2.05, 4.69) is 22.5 Å². The topological polar surface area (TPSA) is 105 Å². The summed E-state index contributed by atoms with van der Waals surface area (Å²) in [6.45, 7) is 5.73. The highest BCUT2D eigenvalue weighted by Gasteiger charge is 2.25. The number of anilines is 1. The van der Waals surface area contributed by atoms with Crippen molar-refractivity contribution in [2.24, 2.45) is 5.92 Å². The number of piperidine rings is 1. The van der Waals surface area contributed by atoms with Crippen LogP contribution in [-0.2, 0) is 19.4 Å². The molecule has 2 aliphatic heterocycles. The molecule has 1 aromatic carbocycles. The molecule has 10 heteroatoms. The van der Waals surface area contributed by atoms with Crippen LogP contribution in [0.3, 0.4) is 0 Å². The van der Waals surface area contributed by atoms with Gasteiger partial charge >= 0.3 is 0 Å². The number of halogens is 1. The molecule has 0 saturated carbocycles. The number of rotatable bonds is 8. The first-order chi connectivity index (χ1) is 14.2. The second kappa shape index (κ2) is 9.98. The van der Waals surface area contributed by atoms with Gasteiger partial charge in [0.1, 0.15) is 5.75 Å². The molecule has 2 aliphatic rings. The minimum atomic E-state index is -3.78. The molecule has 2 heterocycles. The normalized spacial score (nSPS) is 19.5. The van der Waals surface area contributed by atoms with Gasteiger partial charge in [-0.1, -0.05) is 18.5 Å². The van der Waals surface area contributed by atoms with E-state index < -0.39 is 9.84 Å². The van der Waals surface area contributed by atoms with E-state index in [4.69, 9.17) is 16.3 Å². The van der Waals surface area contributed by atoms with E-state index in [0.29, 0.717) is 12.2 Å². The Kier molecular flexibility index (Phi) is 7.60. The predicted octanol–water partition coefficient (Wildman–Crippen LogP) is 2.07. The molecule has 0 radical (unpaired) electrons. The highest BCUT2D eigenvalue weighted by atomic mass is 35.5. The second-order valence-corrected chi connectivity index (χ2v) is 10.4. The summed E-state index contributed by atoms with van der Waals surface area (Å²) >= 11 is 6.10. The summed E-state index contributed by atoms with van der Waals surface area (Å²) in [5, 5.41) is 5.35. The van der Waals surface area contributed by atoms with Crippen molar-refractivity contribution in [1.29, 1.82) is 0 Å². The molecular weight excluding hydrogens is 430 g/mol. The number of carbonyl (C=O) groups is 2. The van der Waals surface area contributed by atoms with Gasteiger partial charge in [0, 0.05) is 25.6 Å². The van der Waals surface area contributed by atoms with Crippen molar-refractivity contribution in [3.8, 4) is 5.75 Å². The number of amides is 2. The Morgan fingerprint density at radius 1 is 1.40 bits per heavy atom. The Bertz CT molecular complexity index is 906. The van der Waals surface area contributed by atoms with Gasteiger partial charge in [-0.25, -0.2) is 8.42 Å². The third kappa shape index (κ3) is 6.09. The third-order valence-corrected chi connectivity index (χ3v) is 7.49. The van der Waals surface area contributed by atoms with Crippen LogP contribution in [0, 0.1) is 5.92 Å². The fraction of sp³-hybridized carbons (Fsp3) is 0.600. The molecule has 8 nitrogen and oxygen atoms in total. The van der Waals surface area contributed by atoms with Crippen LogP contribution in [0.4, 0.5) is 5.69 Å². The first-order valence-corrected chi connectivity index (χ1v) is 12.3. The number of fused-ring (bicyclic) bond motifs is 1. The summed E-state index contributed by atoms with van der Waals surface area (Å²) in [5.74, 6) is -0.0265. The molecule has 166 valence electrons. The Hall–Kier alpha value is -1.84. The van der Waals surface area contributed by atoms with E-state index in [1.807, 2.05) is 0 Å². The lowest BCUT2D eigenvalue weighted by Gasteiger charge is -2.30. The number of nitrogens with one attached hydrogen (secondary N) is 2. The average molecular weight is 458 g/mol. The standard InChI is InChI=1S/C20H28ClN3O5S/c1-14-4-2-7-24(12-14)8-3-6-22-19(25)5-9-30(27,28)18-11-17-16(10-15(18)21)23-20(26)13-29-17/h10-11,14H,2-9,12-13H2,1H3,(H,22,25)(H,23,26). The summed E-state index contributed by atoms with van der Waals surface area (Å²) in [6, 6.07) is 2.65. The molecule has 1 saturated heterocycles. The minimum absolute atomic E-state index is 0.0179. The SMILES string of the molecule is CC1CCCN(CCCNC(=O)CCS(=O)(=O)c2cc3c(cc2Cl)NC(=O)CO3)C1. The van der Waals surface area contributed by atoms with Crippen LogP contribution in [0.2, 0.25) is 5.02 Å². The lowest BCUT2D eigenvalue weighted by atomic mass is 10.0. The molecule has 3 rings (SSSR count). The van der Waals surface area contributed by atoms with Crippen molar-refractivity contribution in [3.05, 3.63) is 17.2 Å². The Morgan fingerprint density at radius 3 is 2.97 bits per heavy atom. The van der Waals surface area contributed by atoms with Gasteiger partial charge in [-0.2, -0.15) is 0 Å². The molecule has 2 amide bonds. The largest absolute Gasteiger partial charge is 0.482 e. The second-order valence-electron chi connectivity index (χ2n) is 7.94. The molecule has 30 heavy (non-hydrogen) atoms. The van der Waals surface area contributed by atoms with Crippen molar-refractivity contribution in [1.82, 2.24) is 10.2 Å². The van der Waals surface area contributed by atoms with E-state index in [-0.39, 0.29) is 46.3 Å². The zero-order chi connectivity index (χ0) is 21.7. The smallest absolute Gasteiger partial charge is 0.262 e. The van der Waals surface area contributed by atoms with Crippen LogP contribution in [0.1, 0.15) is 32.6 Å². The Labute approximate surface area is 182 Å². The molecule has 1 fully saturated rings. The number of ether oxygens (including phenoxy) is 1. The summed E-state index contributed by atoms with van der Waals surface area (Å²) in [7, 11) is -3.78. The van der Waals surface area contributed by atoms with Crippen LogP contribution in [0.5, 0.6) is 5.75 Å². The van der Waals surface area contributed by atoms with Crippen LogP contribution >= 0.6 is 11.6 Å². The summed E-state index contributed by atoms with van der Waals surface area (Å²) in [6.07, 6.45) is 3.18. The van der Waals surface area contributed by atoms with Gasteiger partial charge in [-0.3, -0.25) is 9.59 Å². The van der Waals surface area contributed by atoms with E-state index >= 15 is 0 Å². The predicted molar refractivity (Wildman–Crippen MR) is 115 cm³/mol. The third-order valence-electron chi connectivity index (χ3n) is 5.31. The van der Waals surface area contributed by atoms with Crippen molar-refractivity contribution < 1.29 is 22.7 Å². The average Bonchev–Trinajstić information content (AvgIpc) is 2.69. The summed E-state index contributed by atoms with van der Waals surface area (Å²) in [5.41, 5.74) is 0.330. The molecule has 1 unspecified atom stereocenters. The zero-order valence-electron chi connectivity index (χ0n) is 17.1. The maximum Gasteiger partial charge on any atom is 0.262 e. The van der Waals surface area contributed by atoms with Crippen LogP contribution in [0.25, 0.3) is 0 Å². The van der Waals surface area contributed by atoms with Crippen LogP contribution < -0.4 is 15.4 Å². The number of likely N-dealkylation sites (tertiary alicyclic amines) is 1. The first kappa shape index (κ1) is 22.8. The van der Waals surface area contributed by atoms with Crippen molar-refractivity contribution in [2.45, 2.75) is 37.5 Å². The number of nitrogens with zero attached hydrogens (tertiary/aromatic N) is 1. The van der Waals surface area contributed by atoms with Gasteiger partial charge in [0.15, 0.2) is 16.4 Å². The lowest BCUT2D eigenvalue weighted by Crippen LogP contribution is -2.36. The first-order valence-electron chi connectivity index (χ1n) is 10.2. The van der Waals surface area contributed by atoms with Crippen LogP contribution in [-0.4, -0.2) is 63.7 Å². The molecule has 0 aliphatic carbocycles. The van der Waals surface area contributed by atoms with Gasteiger partial charge in [0.2, 0.25) is 5.91 Å². The summed E-state index contributed by atoms with van der Waals surface area (Å²) < 4.78 is 30.6. The van der Waals surface area contributed by atoms with Gasteiger partial charge in [0.05, 0.1) is 21.4 Å². The van der Waals surface area contributed by atoms with Gasteiger partial charge in [-0.15, -0.1) is 0 Å². The van der Waals surface area contributed by atoms with E-state index in [1.165, 1.54) is 25.0 Å². The number of hydrogen-bond acceptors (Lipinski definition) is 6. The van der Waals surface area contributed by atoms with Gasteiger partial charge in [-0.05, 0) is 44.3 Å². The lowest BCUT2D eigenvalue weighted by molar-refractivity contribution is -0.121. The maximum atomic E-state index is 12.7. The Morgan fingerprint density at radius 2 is 2.20 bits per heavy atom. The molecule has 1 atom stereocenters. The van der Waals surface area contributed by atoms with Gasteiger partial charge in [0.25, 0.3) is 5.91 Å². The number of carbonyl (C=O) groups excluding carboxylic acids is 2. The van der Waals surface area contributed by atoms with E-state index in [0.717, 1.165) is 32.0 Å². The van der Waals surface area contributed by atoms with E-state index in [1.54, 1.807) is 0 Å². The molecule has 0 spiro atoms. The molecule has 0 bridgehead atoms. The minimum Gasteiger partial charge on any atom is -0.482 e. The number of sulfone groups is 1. The number of benzene rings is 1. The van der Waals surface area contributed by atoms with Gasteiger partial charge < -0.3 is 20.3 Å².